The molecule has 0 saturated heterocycles. The molecule has 0 fully saturated rings. The molecule has 0 radical (unpaired) electrons. The number of sulfonamides is 1. The first-order valence-electron chi connectivity index (χ1n) is 9.14. The molecule has 29 heavy (non-hydrogen) atoms. The number of rotatable bonds is 5. The molecule has 1 N–H and O–H groups in total. The van der Waals surface area contributed by atoms with E-state index in [9.17, 15) is 8.42 Å². The van der Waals surface area contributed by atoms with E-state index in [1.165, 1.54) is 10.7 Å². The monoisotopic (exact) mass is 429 g/mol. The molecule has 0 saturated carbocycles. The number of anilines is 2. The van der Waals surface area contributed by atoms with Gasteiger partial charge in [-0.25, -0.2) is 13.4 Å². The van der Waals surface area contributed by atoms with Gasteiger partial charge in [0.15, 0.2) is 12.2 Å². The second kappa shape index (κ2) is 7.57. The van der Waals surface area contributed by atoms with Crippen LogP contribution in [0, 0.1) is 6.92 Å². The Morgan fingerprint density at radius 1 is 1.28 bits per heavy atom. The number of nitrogens with one attached hydrogen (secondary N) is 1. The second-order valence-corrected chi connectivity index (χ2v) is 9.15. The van der Waals surface area contributed by atoms with E-state index in [2.05, 4.69) is 16.9 Å². The molecule has 0 aliphatic carbocycles. The smallest absolute Gasteiger partial charge is 0.264 e. The van der Waals surface area contributed by atoms with Crippen LogP contribution in [-0.4, -0.2) is 19.9 Å². The highest BCUT2D eigenvalue weighted by molar-refractivity contribution is 7.92. The summed E-state index contributed by atoms with van der Waals surface area (Å²) in [5, 5.41) is 3.71. The van der Waals surface area contributed by atoms with Gasteiger partial charge in [0.25, 0.3) is 10.0 Å². The second-order valence-electron chi connectivity index (χ2n) is 6.85. The van der Waals surface area contributed by atoms with Crippen LogP contribution in [0.1, 0.15) is 23.4 Å². The van der Waals surface area contributed by atoms with Crippen LogP contribution in [0.5, 0.6) is 0 Å². The quantitative estimate of drug-likeness (QED) is 0.626. The lowest BCUT2D eigenvalue weighted by Gasteiger charge is -2.30. The summed E-state index contributed by atoms with van der Waals surface area (Å²) in [5.74, 6) is 0.528. The summed E-state index contributed by atoms with van der Waals surface area (Å²) in [5.41, 5.74) is 3.43. The molecule has 8 heteroatoms. The van der Waals surface area contributed by atoms with E-state index < -0.39 is 10.0 Å². The predicted molar refractivity (Wildman–Crippen MR) is 115 cm³/mol. The molecule has 3 aromatic rings. The van der Waals surface area contributed by atoms with Crippen LogP contribution in [0.25, 0.3) is 5.70 Å². The van der Waals surface area contributed by atoms with Gasteiger partial charge in [-0.15, -0.1) is 0 Å². The molecule has 0 spiro atoms. The van der Waals surface area contributed by atoms with Crippen molar-refractivity contribution >= 4 is 38.7 Å². The minimum atomic E-state index is -3.72. The number of hydrogen-bond donors (Lipinski definition) is 1. The lowest BCUT2D eigenvalue weighted by Crippen LogP contribution is -2.35. The number of aryl methyl sites for hydroxylation is 2. The van der Waals surface area contributed by atoms with Gasteiger partial charge in [0.2, 0.25) is 0 Å². The fraction of sp³-hybridized carbons (Fsp3) is 0.190. The Balaban J connectivity index is 1.65. The number of fused-ring (bicyclic) bond motifs is 1. The zero-order chi connectivity index (χ0) is 20.6. The first-order chi connectivity index (χ1) is 13.9. The average Bonchev–Trinajstić information content (AvgIpc) is 3.13. The Morgan fingerprint density at radius 2 is 2.10 bits per heavy atom. The molecule has 6 nitrogen and oxygen atoms in total. The van der Waals surface area contributed by atoms with Crippen LogP contribution < -0.4 is 9.62 Å². The van der Waals surface area contributed by atoms with Crippen molar-refractivity contribution in [1.82, 2.24) is 4.98 Å². The van der Waals surface area contributed by atoms with Gasteiger partial charge in [0.1, 0.15) is 0 Å². The zero-order valence-corrected chi connectivity index (χ0v) is 17.4. The highest BCUT2D eigenvalue weighted by Crippen LogP contribution is 2.34. The van der Waals surface area contributed by atoms with Crippen molar-refractivity contribution in [2.45, 2.75) is 24.7 Å². The number of aromatic nitrogens is 1. The zero-order valence-electron chi connectivity index (χ0n) is 15.9. The molecule has 2 aromatic carbocycles. The van der Waals surface area contributed by atoms with Crippen LogP contribution in [0.15, 0.2) is 64.7 Å². The standard InChI is InChI=1S/C21H20ClN3O3S/c1-14-21(28-13-23-14)15(2)24-18-6-3-7-19(12-18)29(26,27)25-10-4-5-16-11-17(22)8-9-20(16)25/h3,6-9,11-13,24H,2,4-5,10H2,1H3. The van der Waals surface area contributed by atoms with Crippen molar-refractivity contribution < 1.29 is 12.8 Å². The molecule has 1 aliphatic rings. The van der Waals surface area contributed by atoms with Crippen LogP contribution in [0.4, 0.5) is 11.4 Å². The number of oxazole rings is 1. The normalized spacial score (nSPS) is 13.8. The number of nitrogens with zero attached hydrogens (tertiary/aromatic N) is 2. The van der Waals surface area contributed by atoms with Gasteiger partial charge < -0.3 is 9.73 Å². The van der Waals surface area contributed by atoms with E-state index in [1.54, 1.807) is 36.4 Å². The molecule has 0 unspecified atom stereocenters. The third-order valence-electron chi connectivity index (χ3n) is 4.85. The maximum Gasteiger partial charge on any atom is 0.264 e. The maximum absolute atomic E-state index is 13.4. The molecule has 2 heterocycles. The minimum Gasteiger partial charge on any atom is -0.442 e. The average molecular weight is 430 g/mol. The van der Waals surface area contributed by atoms with Gasteiger partial charge in [-0.3, -0.25) is 4.31 Å². The fourth-order valence-electron chi connectivity index (χ4n) is 3.46. The van der Waals surface area contributed by atoms with Gasteiger partial charge in [0, 0.05) is 17.3 Å². The Hall–Kier alpha value is -2.77. The Bertz CT molecular complexity index is 1190. The molecule has 150 valence electrons. The first kappa shape index (κ1) is 19.5. The maximum atomic E-state index is 13.4. The van der Waals surface area contributed by atoms with Crippen LogP contribution in [0.3, 0.4) is 0 Å². The van der Waals surface area contributed by atoms with Crippen LogP contribution >= 0.6 is 11.6 Å². The minimum absolute atomic E-state index is 0.201. The Labute approximate surface area is 174 Å². The summed E-state index contributed by atoms with van der Waals surface area (Å²) < 4.78 is 33.5. The number of hydrogen-bond acceptors (Lipinski definition) is 5. The van der Waals surface area contributed by atoms with Gasteiger partial charge >= 0.3 is 0 Å². The fourth-order valence-corrected chi connectivity index (χ4v) is 5.25. The van der Waals surface area contributed by atoms with Crippen LogP contribution in [-0.2, 0) is 16.4 Å². The summed E-state index contributed by atoms with van der Waals surface area (Å²) in [6, 6.07) is 12.0. The van der Waals surface area contributed by atoms with E-state index in [1.807, 2.05) is 13.0 Å². The summed E-state index contributed by atoms with van der Waals surface area (Å²) in [6.07, 6.45) is 2.89. The predicted octanol–water partition coefficient (Wildman–Crippen LogP) is 4.86. The van der Waals surface area contributed by atoms with E-state index >= 15 is 0 Å². The van der Waals surface area contributed by atoms with E-state index in [4.69, 9.17) is 16.0 Å². The van der Waals surface area contributed by atoms with Crippen molar-refractivity contribution in [3.05, 3.63) is 77.5 Å². The molecule has 0 bridgehead atoms. The molecular weight excluding hydrogens is 410 g/mol. The van der Waals surface area contributed by atoms with Crippen molar-refractivity contribution in [1.29, 1.82) is 0 Å². The van der Waals surface area contributed by atoms with E-state index in [0.717, 1.165) is 18.4 Å². The Morgan fingerprint density at radius 3 is 2.86 bits per heavy atom. The molecule has 4 rings (SSSR count). The third-order valence-corrected chi connectivity index (χ3v) is 6.90. The topological polar surface area (TPSA) is 75.4 Å². The molecule has 1 aliphatic heterocycles. The van der Waals surface area contributed by atoms with Crippen LogP contribution in [0.2, 0.25) is 5.02 Å². The number of benzene rings is 2. The van der Waals surface area contributed by atoms with Gasteiger partial charge in [-0.1, -0.05) is 24.2 Å². The van der Waals surface area contributed by atoms with Crippen molar-refractivity contribution in [2.24, 2.45) is 0 Å². The molecule has 0 atom stereocenters. The van der Waals surface area contributed by atoms with Gasteiger partial charge in [0.05, 0.1) is 22.0 Å². The first-order valence-corrected chi connectivity index (χ1v) is 11.0. The van der Waals surface area contributed by atoms with Gasteiger partial charge in [-0.05, 0) is 61.7 Å². The highest BCUT2D eigenvalue weighted by atomic mass is 35.5. The van der Waals surface area contributed by atoms with Crippen molar-refractivity contribution in [3.63, 3.8) is 0 Å². The summed E-state index contributed by atoms with van der Waals surface area (Å²) in [7, 11) is -3.72. The lowest BCUT2D eigenvalue weighted by molar-refractivity contribution is 0.544. The largest absolute Gasteiger partial charge is 0.442 e. The molecule has 1 aromatic heterocycles. The SMILES string of the molecule is C=C(Nc1cccc(S(=O)(=O)N2CCCc3cc(Cl)ccc32)c1)c1ocnc1C. The summed E-state index contributed by atoms with van der Waals surface area (Å²) >= 11 is 6.08. The van der Waals surface area contributed by atoms with E-state index in [0.29, 0.717) is 40.1 Å². The Kier molecular flexibility index (Phi) is 5.10. The molecular formula is C21H20ClN3O3S. The molecule has 0 amide bonds. The van der Waals surface area contributed by atoms with Crippen molar-refractivity contribution in [2.75, 3.05) is 16.2 Å². The van der Waals surface area contributed by atoms with Crippen molar-refractivity contribution in [3.8, 4) is 0 Å². The highest BCUT2D eigenvalue weighted by Gasteiger charge is 2.29. The summed E-state index contributed by atoms with van der Waals surface area (Å²) in [4.78, 5) is 4.25. The third kappa shape index (κ3) is 3.75. The number of halogens is 1. The van der Waals surface area contributed by atoms with E-state index in [-0.39, 0.29) is 4.90 Å². The lowest BCUT2D eigenvalue weighted by atomic mass is 10.0. The van der Waals surface area contributed by atoms with Gasteiger partial charge in [-0.2, -0.15) is 0 Å². The summed E-state index contributed by atoms with van der Waals surface area (Å²) in [6.45, 7) is 6.20.